The first kappa shape index (κ1) is 15.8. The average Bonchev–Trinajstić information content (AvgIpc) is 3.13. The number of aryl methyl sites for hydroxylation is 1. The Bertz CT molecular complexity index is 920. The lowest BCUT2D eigenvalue weighted by molar-refractivity contribution is 0.565. The molecule has 0 aliphatic heterocycles. The van der Waals surface area contributed by atoms with Crippen LogP contribution in [0.25, 0.3) is 17.2 Å². The summed E-state index contributed by atoms with van der Waals surface area (Å²) in [7, 11) is 0. The fraction of sp³-hybridized carbons (Fsp3) is 0.217. The van der Waals surface area contributed by atoms with Crippen molar-refractivity contribution in [3.8, 4) is 11.1 Å². The molecule has 2 aromatic carbocycles. The fourth-order valence-corrected chi connectivity index (χ4v) is 3.86. The van der Waals surface area contributed by atoms with Crippen molar-refractivity contribution in [1.82, 2.24) is 0 Å². The molecule has 0 fully saturated rings. The van der Waals surface area contributed by atoms with Gasteiger partial charge in [0.25, 0.3) is 0 Å². The fourth-order valence-electron chi connectivity index (χ4n) is 3.86. The van der Waals surface area contributed by atoms with Crippen LogP contribution in [0, 0.1) is 6.92 Å². The summed E-state index contributed by atoms with van der Waals surface area (Å²) in [6.07, 6.45) is 12.5. The molecular weight excluding hydrogens is 306 g/mol. The highest BCUT2D eigenvalue weighted by Crippen LogP contribution is 2.39. The molecule has 2 N–H and O–H groups in total. The van der Waals surface area contributed by atoms with Gasteiger partial charge in [0.2, 0.25) is 0 Å². The van der Waals surface area contributed by atoms with Crippen molar-refractivity contribution in [3.05, 3.63) is 82.8 Å². The van der Waals surface area contributed by atoms with E-state index in [1.54, 1.807) is 23.7 Å². The minimum Gasteiger partial charge on any atom is -0.472 e. The summed E-state index contributed by atoms with van der Waals surface area (Å²) < 4.78 is 4.71. The molecular formula is C23H23NO. The summed E-state index contributed by atoms with van der Waals surface area (Å²) in [5.41, 5.74) is 16.9. The zero-order chi connectivity index (χ0) is 17.2. The molecule has 0 radical (unpaired) electrons. The van der Waals surface area contributed by atoms with E-state index in [1.165, 1.54) is 40.7 Å². The Hall–Kier alpha value is -2.74. The molecule has 0 saturated carbocycles. The van der Waals surface area contributed by atoms with Gasteiger partial charge in [0.1, 0.15) is 0 Å². The van der Waals surface area contributed by atoms with E-state index in [1.807, 2.05) is 19.1 Å². The smallest absolute Gasteiger partial charge is 0.0931 e. The highest BCUT2D eigenvalue weighted by Gasteiger charge is 2.21. The molecule has 25 heavy (non-hydrogen) atoms. The van der Waals surface area contributed by atoms with Gasteiger partial charge in [0.05, 0.1) is 12.5 Å². The molecule has 1 aromatic heterocycles. The lowest BCUT2D eigenvalue weighted by Gasteiger charge is -2.26. The second-order valence-electron chi connectivity index (χ2n) is 6.77. The molecule has 0 amide bonds. The lowest BCUT2D eigenvalue weighted by atomic mass is 9.79. The van der Waals surface area contributed by atoms with Crippen LogP contribution in [0.5, 0.6) is 0 Å². The molecule has 0 atom stereocenters. The number of furan rings is 1. The van der Waals surface area contributed by atoms with E-state index in [0.717, 1.165) is 18.5 Å². The third-order valence-electron chi connectivity index (χ3n) is 5.12. The number of hydrogen-bond acceptors (Lipinski definition) is 2. The molecule has 3 aromatic rings. The Kier molecular flexibility index (Phi) is 4.19. The number of nitrogen functional groups attached to an aromatic ring is 1. The van der Waals surface area contributed by atoms with Crippen LogP contribution in [-0.2, 0) is 19.3 Å². The van der Waals surface area contributed by atoms with E-state index in [-0.39, 0.29) is 0 Å². The zero-order valence-corrected chi connectivity index (χ0v) is 14.6. The Morgan fingerprint density at radius 2 is 1.72 bits per heavy atom. The molecule has 0 spiro atoms. The molecule has 126 valence electrons. The third kappa shape index (κ3) is 3.00. The predicted molar refractivity (Wildman–Crippen MR) is 104 cm³/mol. The summed E-state index contributed by atoms with van der Waals surface area (Å²) in [6.45, 7) is 1.99. The van der Waals surface area contributed by atoms with Crippen LogP contribution in [-0.4, -0.2) is 0 Å². The van der Waals surface area contributed by atoms with E-state index in [0.29, 0.717) is 0 Å². The van der Waals surface area contributed by atoms with Crippen LogP contribution in [0.1, 0.15) is 34.2 Å². The maximum atomic E-state index is 6.13. The molecule has 1 heterocycles. The number of benzene rings is 2. The van der Waals surface area contributed by atoms with E-state index in [4.69, 9.17) is 10.2 Å². The van der Waals surface area contributed by atoms with E-state index >= 15 is 0 Å². The molecule has 2 heteroatoms. The molecule has 0 unspecified atom stereocenters. The minimum atomic E-state index is 0.945. The van der Waals surface area contributed by atoms with Crippen LogP contribution in [0.2, 0.25) is 0 Å². The van der Waals surface area contributed by atoms with Gasteiger partial charge in [-0.15, -0.1) is 0 Å². The van der Waals surface area contributed by atoms with Crippen molar-refractivity contribution in [2.24, 2.45) is 0 Å². The predicted octanol–water partition coefficient (Wildman–Crippen LogP) is 5.58. The lowest BCUT2D eigenvalue weighted by Crippen LogP contribution is -2.11. The minimum absolute atomic E-state index is 0.945. The van der Waals surface area contributed by atoms with E-state index in [2.05, 4.69) is 36.4 Å². The monoisotopic (exact) mass is 329 g/mol. The summed E-state index contributed by atoms with van der Waals surface area (Å²) in [5.74, 6) is 0. The van der Waals surface area contributed by atoms with Gasteiger partial charge in [-0.05, 0) is 83.7 Å². The zero-order valence-electron chi connectivity index (χ0n) is 14.6. The molecule has 2 aliphatic carbocycles. The largest absolute Gasteiger partial charge is 0.472 e. The van der Waals surface area contributed by atoms with Gasteiger partial charge >= 0.3 is 0 Å². The quantitative estimate of drug-likeness (QED) is 0.547. The summed E-state index contributed by atoms with van der Waals surface area (Å²) in [4.78, 5) is 0. The van der Waals surface area contributed by atoms with Gasteiger partial charge in [0, 0.05) is 5.69 Å². The van der Waals surface area contributed by atoms with Gasteiger partial charge < -0.3 is 10.2 Å². The Morgan fingerprint density at radius 3 is 2.48 bits per heavy atom. The number of nitrogens with two attached hydrogens (primary N) is 1. The van der Waals surface area contributed by atoms with Crippen molar-refractivity contribution in [2.45, 2.75) is 32.6 Å². The second-order valence-corrected chi connectivity index (χ2v) is 6.77. The summed E-state index contributed by atoms with van der Waals surface area (Å²) in [6, 6.07) is 12.8. The molecule has 2 nitrogen and oxygen atoms in total. The first-order chi connectivity index (χ1) is 12.2. The van der Waals surface area contributed by atoms with Crippen LogP contribution in [0.15, 0.2) is 59.4 Å². The Balaban J connectivity index is 0.000000223. The second kappa shape index (κ2) is 6.64. The number of allylic oxidation sites excluding steroid dienone is 1. The van der Waals surface area contributed by atoms with Crippen molar-refractivity contribution in [2.75, 3.05) is 5.73 Å². The maximum Gasteiger partial charge on any atom is 0.0931 e. The third-order valence-corrected chi connectivity index (χ3v) is 5.12. The number of rotatable bonds is 0. The van der Waals surface area contributed by atoms with Gasteiger partial charge in [-0.1, -0.05) is 36.4 Å². The van der Waals surface area contributed by atoms with Crippen LogP contribution in [0.3, 0.4) is 0 Å². The number of anilines is 1. The Morgan fingerprint density at radius 1 is 0.880 bits per heavy atom. The topological polar surface area (TPSA) is 39.2 Å². The van der Waals surface area contributed by atoms with Crippen LogP contribution in [0.4, 0.5) is 5.69 Å². The highest BCUT2D eigenvalue weighted by molar-refractivity contribution is 5.80. The molecule has 0 bridgehead atoms. The molecule has 2 aliphatic rings. The first-order valence-electron chi connectivity index (χ1n) is 8.92. The van der Waals surface area contributed by atoms with E-state index < -0.39 is 0 Å². The molecule has 5 rings (SSSR count). The standard InChI is InChI=1S/C18H17N.C5H6O/c19-18-7-3-6-14-16-9-8-12-4-1-2-5-13(12)15(16)10-11-17(14)18;1-5-2-3-6-4-5/h1,3-4,6-9H,2,5,10-11,19H2;2-4H,1H3. The molecule has 0 saturated heterocycles. The summed E-state index contributed by atoms with van der Waals surface area (Å²) in [5, 5.41) is 0. The van der Waals surface area contributed by atoms with Gasteiger partial charge in [-0.3, -0.25) is 0 Å². The normalized spacial score (nSPS) is 14.0. The average molecular weight is 329 g/mol. The number of fused-ring (bicyclic) bond motifs is 5. The van der Waals surface area contributed by atoms with Crippen LogP contribution >= 0.6 is 0 Å². The van der Waals surface area contributed by atoms with Crippen molar-refractivity contribution >= 4 is 11.8 Å². The number of hydrogen-bond donors (Lipinski definition) is 1. The van der Waals surface area contributed by atoms with Gasteiger partial charge in [-0.2, -0.15) is 0 Å². The SMILES string of the molecule is Cc1ccoc1.Nc1cccc2c1CCc1c-2ccc2c1CCC=C2. The van der Waals surface area contributed by atoms with Crippen molar-refractivity contribution in [1.29, 1.82) is 0 Å². The van der Waals surface area contributed by atoms with Gasteiger partial charge in [0.15, 0.2) is 0 Å². The maximum absolute atomic E-state index is 6.13. The Labute approximate surface area is 149 Å². The van der Waals surface area contributed by atoms with Crippen molar-refractivity contribution < 1.29 is 4.42 Å². The van der Waals surface area contributed by atoms with Gasteiger partial charge in [-0.25, -0.2) is 0 Å². The first-order valence-corrected chi connectivity index (χ1v) is 8.92. The summed E-state index contributed by atoms with van der Waals surface area (Å²) >= 11 is 0. The highest BCUT2D eigenvalue weighted by atomic mass is 16.3. The van der Waals surface area contributed by atoms with Crippen molar-refractivity contribution in [3.63, 3.8) is 0 Å². The van der Waals surface area contributed by atoms with Crippen LogP contribution < -0.4 is 5.73 Å². The van der Waals surface area contributed by atoms with E-state index in [9.17, 15) is 0 Å².